The molecule has 1 heterocycles. The van der Waals surface area contributed by atoms with Gasteiger partial charge in [-0.05, 0) is 37.8 Å². The van der Waals surface area contributed by atoms with Crippen LogP contribution in [-0.4, -0.2) is 11.0 Å². The number of nitrogens with one attached hydrogen (secondary N) is 1. The van der Waals surface area contributed by atoms with Gasteiger partial charge in [0.15, 0.2) is 0 Å². The first-order valence-electron chi connectivity index (χ1n) is 4.99. The summed E-state index contributed by atoms with van der Waals surface area (Å²) in [5, 5.41) is 3.50. The summed E-state index contributed by atoms with van der Waals surface area (Å²) in [4.78, 5) is 4.27. The Balaban J connectivity index is 1.78. The van der Waals surface area contributed by atoms with Crippen molar-refractivity contribution >= 4 is 0 Å². The highest BCUT2D eigenvalue weighted by molar-refractivity contribution is 5.03. The Kier molecular flexibility index (Phi) is 2.60. The molecule has 0 spiro atoms. The van der Waals surface area contributed by atoms with E-state index in [1.807, 2.05) is 18.3 Å². The predicted molar refractivity (Wildman–Crippen MR) is 53.3 cm³/mol. The molecular formula is C11H16N2. The molecule has 1 aromatic rings. The summed E-state index contributed by atoms with van der Waals surface area (Å²) in [5.41, 5.74) is 1.13. The fraction of sp³-hybridized carbons (Fsp3) is 0.545. The third kappa shape index (κ3) is 2.52. The van der Waals surface area contributed by atoms with Crippen LogP contribution >= 0.6 is 0 Å². The first-order chi connectivity index (χ1) is 6.36. The summed E-state index contributed by atoms with van der Waals surface area (Å²) in [6.07, 6.45) is 4.64. The van der Waals surface area contributed by atoms with Crippen molar-refractivity contribution in [1.82, 2.24) is 10.3 Å². The maximum absolute atomic E-state index is 4.27. The minimum Gasteiger partial charge on any atom is -0.308 e. The van der Waals surface area contributed by atoms with Crippen LogP contribution in [0, 0.1) is 5.92 Å². The highest BCUT2D eigenvalue weighted by Crippen LogP contribution is 2.32. The van der Waals surface area contributed by atoms with Gasteiger partial charge >= 0.3 is 0 Å². The van der Waals surface area contributed by atoms with Crippen LogP contribution in [0.3, 0.4) is 0 Å². The zero-order chi connectivity index (χ0) is 9.10. The van der Waals surface area contributed by atoms with E-state index in [9.17, 15) is 0 Å². The molecule has 0 bridgehead atoms. The third-order valence-electron chi connectivity index (χ3n) is 2.66. The van der Waals surface area contributed by atoms with Crippen molar-refractivity contribution in [2.24, 2.45) is 5.92 Å². The maximum atomic E-state index is 4.27. The van der Waals surface area contributed by atoms with E-state index in [-0.39, 0.29) is 0 Å². The van der Waals surface area contributed by atoms with Gasteiger partial charge in [-0.15, -0.1) is 0 Å². The van der Waals surface area contributed by atoms with Crippen LogP contribution in [0.2, 0.25) is 0 Å². The lowest BCUT2D eigenvalue weighted by molar-refractivity contribution is 0.492. The summed E-state index contributed by atoms with van der Waals surface area (Å²) in [6, 6.07) is 6.70. The number of nitrogens with zero attached hydrogens (tertiary/aromatic N) is 1. The monoisotopic (exact) mass is 176 g/mol. The Morgan fingerprint density at radius 1 is 1.54 bits per heavy atom. The van der Waals surface area contributed by atoms with E-state index < -0.39 is 0 Å². The smallest absolute Gasteiger partial charge is 0.0541 e. The van der Waals surface area contributed by atoms with Crippen LogP contribution in [0.4, 0.5) is 0 Å². The van der Waals surface area contributed by atoms with E-state index in [0.717, 1.165) is 18.2 Å². The van der Waals surface area contributed by atoms with Crippen LogP contribution in [-0.2, 0) is 6.54 Å². The second-order valence-corrected chi connectivity index (χ2v) is 3.83. The first-order valence-corrected chi connectivity index (χ1v) is 4.99. The molecule has 1 aliphatic carbocycles. The van der Waals surface area contributed by atoms with Gasteiger partial charge in [0.25, 0.3) is 0 Å². The van der Waals surface area contributed by atoms with Gasteiger partial charge < -0.3 is 5.32 Å². The van der Waals surface area contributed by atoms with Crippen molar-refractivity contribution in [3.05, 3.63) is 30.1 Å². The topological polar surface area (TPSA) is 24.9 Å². The second-order valence-electron chi connectivity index (χ2n) is 3.83. The third-order valence-corrected chi connectivity index (χ3v) is 2.66. The van der Waals surface area contributed by atoms with E-state index in [0.29, 0.717) is 6.04 Å². The molecule has 2 rings (SSSR count). The molecule has 1 atom stereocenters. The van der Waals surface area contributed by atoms with E-state index >= 15 is 0 Å². The van der Waals surface area contributed by atoms with Gasteiger partial charge in [0.2, 0.25) is 0 Å². The predicted octanol–water partition coefficient (Wildman–Crippen LogP) is 1.97. The van der Waals surface area contributed by atoms with Crippen molar-refractivity contribution in [3.63, 3.8) is 0 Å². The number of hydrogen-bond donors (Lipinski definition) is 1. The SMILES string of the molecule is CC(NCc1ccccn1)C1CC1. The van der Waals surface area contributed by atoms with Gasteiger partial charge in [0, 0.05) is 18.8 Å². The summed E-state index contributed by atoms with van der Waals surface area (Å²) in [5.74, 6) is 0.920. The largest absolute Gasteiger partial charge is 0.308 e. The fourth-order valence-corrected chi connectivity index (χ4v) is 1.53. The Labute approximate surface area is 79.4 Å². The summed E-state index contributed by atoms with van der Waals surface area (Å²) >= 11 is 0. The second kappa shape index (κ2) is 3.88. The van der Waals surface area contributed by atoms with Crippen LogP contribution in [0.15, 0.2) is 24.4 Å². The molecule has 2 nitrogen and oxygen atoms in total. The van der Waals surface area contributed by atoms with Gasteiger partial charge in [-0.2, -0.15) is 0 Å². The quantitative estimate of drug-likeness (QED) is 0.758. The zero-order valence-corrected chi connectivity index (χ0v) is 8.03. The Morgan fingerprint density at radius 2 is 2.38 bits per heavy atom. The minimum atomic E-state index is 0.655. The standard InChI is InChI=1S/C11H16N2/c1-9(10-5-6-10)13-8-11-4-2-3-7-12-11/h2-4,7,9-10,13H,5-6,8H2,1H3. The molecule has 70 valence electrons. The lowest BCUT2D eigenvalue weighted by atomic mass is 10.2. The number of rotatable bonds is 4. The van der Waals surface area contributed by atoms with Gasteiger partial charge in [-0.1, -0.05) is 6.07 Å². The van der Waals surface area contributed by atoms with Gasteiger partial charge in [0.05, 0.1) is 5.69 Å². The Bertz CT molecular complexity index is 254. The molecule has 0 amide bonds. The average Bonchev–Trinajstić information content (AvgIpc) is 2.99. The minimum absolute atomic E-state index is 0.655. The fourth-order valence-electron chi connectivity index (χ4n) is 1.53. The molecule has 13 heavy (non-hydrogen) atoms. The molecule has 1 saturated carbocycles. The zero-order valence-electron chi connectivity index (χ0n) is 8.03. The van der Waals surface area contributed by atoms with E-state index in [2.05, 4.69) is 23.3 Å². The summed E-state index contributed by atoms with van der Waals surface area (Å²) in [6.45, 7) is 3.17. The Hall–Kier alpha value is -0.890. The average molecular weight is 176 g/mol. The normalized spacial score (nSPS) is 18.5. The van der Waals surface area contributed by atoms with E-state index in [1.54, 1.807) is 0 Å². The highest BCUT2D eigenvalue weighted by Gasteiger charge is 2.27. The van der Waals surface area contributed by atoms with Crippen LogP contribution < -0.4 is 5.32 Å². The first kappa shape index (κ1) is 8.70. The molecule has 1 aromatic heterocycles. The van der Waals surface area contributed by atoms with Crippen molar-refractivity contribution in [2.45, 2.75) is 32.4 Å². The van der Waals surface area contributed by atoms with Gasteiger partial charge in [0.1, 0.15) is 0 Å². The number of hydrogen-bond acceptors (Lipinski definition) is 2. The molecule has 0 aromatic carbocycles. The number of aromatic nitrogens is 1. The molecule has 1 N–H and O–H groups in total. The highest BCUT2D eigenvalue weighted by atomic mass is 14.9. The van der Waals surface area contributed by atoms with Crippen LogP contribution in [0.25, 0.3) is 0 Å². The van der Waals surface area contributed by atoms with Crippen molar-refractivity contribution in [1.29, 1.82) is 0 Å². The molecule has 1 aliphatic rings. The maximum Gasteiger partial charge on any atom is 0.0541 e. The molecule has 1 unspecified atom stereocenters. The molecule has 2 heteroatoms. The number of pyridine rings is 1. The molecule has 1 fully saturated rings. The van der Waals surface area contributed by atoms with Crippen LogP contribution in [0.5, 0.6) is 0 Å². The lowest BCUT2D eigenvalue weighted by Crippen LogP contribution is -2.27. The Morgan fingerprint density at radius 3 is 3.00 bits per heavy atom. The van der Waals surface area contributed by atoms with Crippen molar-refractivity contribution in [2.75, 3.05) is 0 Å². The molecule has 0 saturated heterocycles. The van der Waals surface area contributed by atoms with Crippen LogP contribution in [0.1, 0.15) is 25.5 Å². The lowest BCUT2D eigenvalue weighted by Gasteiger charge is -2.11. The van der Waals surface area contributed by atoms with Gasteiger partial charge in [-0.25, -0.2) is 0 Å². The van der Waals surface area contributed by atoms with E-state index in [4.69, 9.17) is 0 Å². The molecule has 0 radical (unpaired) electrons. The summed E-state index contributed by atoms with van der Waals surface area (Å²) < 4.78 is 0. The van der Waals surface area contributed by atoms with E-state index in [1.165, 1.54) is 12.8 Å². The van der Waals surface area contributed by atoms with Crippen molar-refractivity contribution < 1.29 is 0 Å². The molecule has 0 aliphatic heterocycles. The molecular weight excluding hydrogens is 160 g/mol. The van der Waals surface area contributed by atoms with Gasteiger partial charge in [-0.3, -0.25) is 4.98 Å². The van der Waals surface area contributed by atoms with Crippen molar-refractivity contribution in [3.8, 4) is 0 Å². The summed E-state index contributed by atoms with van der Waals surface area (Å²) in [7, 11) is 0.